The van der Waals surface area contributed by atoms with Gasteiger partial charge < -0.3 is 10.1 Å². The smallest absolute Gasteiger partial charge is 0.240 e. The molecule has 0 aromatic heterocycles. The van der Waals surface area contributed by atoms with Crippen molar-refractivity contribution >= 4 is 17.5 Å². The second kappa shape index (κ2) is 9.71. The number of amides is 2. The van der Waals surface area contributed by atoms with Gasteiger partial charge in [-0.2, -0.15) is 0 Å². The fourth-order valence-electron chi connectivity index (χ4n) is 2.64. The zero-order valence-corrected chi connectivity index (χ0v) is 15.9. The van der Waals surface area contributed by atoms with E-state index in [2.05, 4.69) is 5.32 Å². The first-order chi connectivity index (χ1) is 12.9. The van der Waals surface area contributed by atoms with Gasteiger partial charge in [-0.25, -0.2) is 4.39 Å². The second-order valence-corrected chi connectivity index (χ2v) is 6.43. The van der Waals surface area contributed by atoms with Crippen molar-refractivity contribution in [3.8, 4) is 5.75 Å². The Morgan fingerprint density at radius 1 is 1.11 bits per heavy atom. The van der Waals surface area contributed by atoms with Crippen LogP contribution in [0.1, 0.15) is 26.3 Å². The van der Waals surface area contributed by atoms with Crippen molar-refractivity contribution in [2.24, 2.45) is 0 Å². The number of carbonyl (C=O) groups excluding carboxylic acids is 2. The number of rotatable bonds is 8. The molecule has 0 saturated carbocycles. The Kier molecular flexibility index (Phi) is 7.34. The predicted molar refractivity (Wildman–Crippen MR) is 103 cm³/mol. The number of halogens is 1. The largest absolute Gasteiger partial charge is 0.489 e. The molecule has 0 bridgehead atoms. The molecule has 0 atom stereocenters. The Labute approximate surface area is 159 Å². The minimum atomic E-state index is -0.319. The molecule has 0 spiro atoms. The van der Waals surface area contributed by atoms with Gasteiger partial charge in [0, 0.05) is 13.5 Å². The molecule has 6 heteroatoms. The van der Waals surface area contributed by atoms with Crippen LogP contribution in [0.4, 0.5) is 10.1 Å². The third kappa shape index (κ3) is 6.09. The van der Waals surface area contributed by atoms with Crippen molar-refractivity contribution in [3.05, 3.63) is 59.9 Å². The van der Waals surface area contributed by atoms with Gasteiger partial charge in [0.2, 0.25) is 11.8 Å². The van der Waals surface area contributed by atoms with Gasteiger partial charge in [-0.05, 0) is 44.0 Å². The molecule has 5 nitrogen and oxygen atoms in total. The lowest BCUT2D eigenvalue weighted by Crippen LogP contribution is -2.40. The third-order valence-corrected chi connectivity index (χ3v) is 3.87. The number of hydrogen-bond donors (Lipinski definition) is 1. The van der Waals surface area contributed by atoms with Crippen molar-refractivity contribution in [1.29, 1.82) is 0 Å². The summed E-state index contributed by atoms with van der Waals surface area (Å²) >= 11 is 0. The van der Waals surface area contributed by atoms with Gasteiger partial charge in [0.1, 0.15) is 18.1 Å². The normalized spacial score (nSPS) is 10.6. The van der Waals surface area contributed by atoms with Gasteiger partial charge in [0.05, 0.1) is 11.8 Å². The molecule has 0 heterocycles. The SMILES string of the molecule is CC(=O)N(CC(=O)NCCc1ccccc1F)c1ccccc1OC(C)C. The number of ether oxygens (including phenoxy) is 1. The zero-order chi connectivity index (χ0) is 19.8. The zero-order valence-electron chi connectivity index (χ0n) is 15.9. The first-order valence-corrected chi connectivity index (χ1v) is 8.92. The average molecular weight is 372 g/mol. The molecule has 27 heavy (non-hydrogen) atoms. The van der Waals surface area contributed by atoms with E-state index in [1.165, 1.54) is 17.9 Å². The third-order valence-electron chi connectivity index (χ3n) is 3.87. The van der Waals surface area contributed by atoms with Crippen LogP contribution in [0.3, 0.4) is 0 Å². The van der Waals surface area contributed by atoms with Crippen LogP contribution >= 0.6 is 0 Å². The van der Waals surface area contributed by atoms with E-state index in [9.17, 15) is 14.0 Å². The molecule has 0 aliphatic rings. The lowest BCUT2D eigenvalue weighted by atomic mass is 10.1. The van der Waals surface area contributed by atoms with Crippen LogP contribution in [-0.4, -0.2) is 31.0 Å². The Balaban J connectivity index is 2.01. The maximum atomic E-state index is 13.6. The maximum absolute atomic E-state index is 13.6. The van der Waals surface area contributed by atoms with Crippen LogP contribution in [0.2, 0.25) is 0 Å². The quantitative estimate of drug-likeness (QED) is 0.773. The summed E-state index contributed by atoms with van der Waals surface area (Å²) in [5.74, 6) is -0.335. The summed E-state index contributed by atoms with van der Waals surface area (Å²) in [6.45, 7) is 5.34. The lowest BCUT2D eigenvalue weighted by molar-refractivity contribution is -0.123. The topological polar surface area (TPSA) is 58.6 Å². The summed E-state index contributed by atoms with van der Waals surface area (Å²) in [5.41, 5.74) is 1.08. The van der Waals surface area contributed by atoms with Crippen molar-refractivity contribution in [2.75, 3.05) is 18.0 Å². The molecule has 0 aliphatic carbocycles. The molecule has 2 aromatic carbocycles. The summed E-state index contributed by atoms with van der Waals surface area (Å²) in [6.07, 6.45) is 0.320. The van der Waals surface area contributed by atoms with Crippen LogP contribution < -0.4 is 15.0 Å². The predicted octanol–water partition coefficient (Wildman–Crippen LogP) is 3.32. The number of benzene rings is 2. The Bertz CT molecular complexity index is 793. The van der Waals surface area contributed by atoms with E-state index in [-0.39, 0.29) is 36.8 Å². The molecule has 0 aliphatic heterocycles. The van der Waals surface area contributed by atoms with Crippen LogP contribution in [0, 0.1) is 5.82 Å². The molecule has 144 valence electrons. The molecule has 0 fully saturated rings. The Hall–Kier alpha value is -2.89. The van der Waals surface area contributed by atoms with Crippen molar-refractivity contribution < 1.29 is 18.7 Å². The number of nitrogens with zero attached hydrogens (tertiary/aromatic N) is 1. The highest BCUT2D eigenvalue weighted by Gasteiger charge is 2.19. The highest BCUT2D eigenvalue weighted by molar-refractivity contribution is 5.98. The standard InChI is InChI=1S/C21H25FN2O3/c1-15(2)27-20-11-7-6-10-19(20)24(16(3)25)14-21(26)23-13-12-17-8-4-5-9-18(17)22/h4-11,15H,12-14H2,1-3H3,(H,23,26). The van der Waals surface area contributed by atoms with E-state index in [0.717, 1.165) is 0 Å². The fraction of sp³-hybridized carbons (Fsp3) is 0.333. The van der Waals surface area contributed by atoms with E-state index in [0.29, 0.717) is 23.4 Å². The van der Waals surface area contributed by atoms with E-state index >= 15 is 0 Å². The molecule has 1 N–H and O–H groups in total. The minimum Gasteiger partial charge on any atom is -0.489 e. The number of hydrogen-bond acceptors (Lipinski definition) is 3. The number of anilines is 1. The van der Waals surface area contributed by atoms with Gasteiger partial charge in [-0.1, -0.05) is 30.3 Å². The number of nitrogens with one attached hydrogen (secondary N) is 1. The first-order valence-electron chi connectivity index (χ1n) is 8.92. The summed E-state index contributed by atoms with van der Waals surface area (Å²) in [4.78, 5) is 25.8. The Morgan fingerprint density at radius 3 is 2.44 bits per heavy atom. The molecule has 0 unspecified atom stereocenters. The van der Waals surface area contributed by atoms with E-state index < -0.39 is 0 Å². The maximum Gasteiger partial charge on any atom is 0.240 e. The number of carbonyl (C=O) groups is 2. The highest BCUT2D eigenvalue weighted by Crippen LogP contribution is 2.29. The van der Waals surface area contributed by atoms with Crippen LogP contribution in [0.15, 0.2) is 48.5 Å². The molecular formula is C21H25FN2O3. The summed E-state index contributed by atoms with van der Waals surface area (Å²) < 4.78 is 19.4. The van der Waals surface area contributed by atoms with Crippen molar-refractivity contribution in [1.82, 2.24) is 5.32 Å². The molecule has 2 amide bonds. The average Bonchev–Trinajstić information content (AvgIpc) is 2.61. The van der Waals surface area contributed by atoms with E-state index in [1.54, 1.807) is 36.4 Å². The van der Waals surface area contributed by atoms with Crippen LogP contribution in [0.25, 0.3) is 0 Å². The minimum absolute atomic E-state index is 0.0606. The van der Waals surface area contributed by atoms with Gasteiger partial charge in [0.15, 0.2) is 0 Å². The summed E-state index contributed by atoms with van der Waals surface area (Å²) in [6, 6.07) is 13.6. The summed E-state index contributed by atoms with van der Waals surface area (Å²) in [5, 5.41) is 2.73. The van der Waals surface area contributed by atoms with Gasteiger partial charge >= 0.3 is 0 Å². The summed E-state index contributed by atoms with van der Waals surface area (Å²) in [7, 11) is 0. The van der Waals surface area contributed by atoms with E-state index in [4.69, 9.17) is 4.74 Å². The molecule has 0 radical (unpaired) electrons. The van der Waals surface area contributed by atoms with Crippen LogP contribution in [0.5, 0.6) is 5.75 Å². The van der Waals surface area contributed by atoms with Crippen molar-refractivity contribution in [3.63, 3.8) is 0 Å². The number of para-hydroxylation sites is 2. The van der Waals surface area contributed by atoms with E-state index in [1.807, 2.05) is 19.9 Å². The van der Waals surface area contributed by atoms with Gasteiger partial charge in [-0.15, -0.1) is 0 Å². The Morgan fingerprint density at radius 2 is 1.78 bits per heavy atom. The molecular weight excluding hydrogens is 347 g/mol. The lowest BCUT2D eigenvalue weighted by Gasteiger charge is -2.24. The molecule has 2 rings (SSSR count). The monoisotopic (exact) mass is 372 g/mol. The van der Waals surface area contributed by atoms with Gasteiger partial charge in [-0.3, -0.25) is 14.5 Å². The molecule has 2 aromatic rings. The second-order valence-electron chi connectivity index (χ2n) is 6.43. The van der Waals surface area contributed by atoms with Gasteiger partial charge in [0.25, 0.3) is 0 Å². The first kappa shape index (κ1) is 20.4. The van der Waals surface area contributed by atoms with Crippen molar-refractivity contribution in [2.45, 2.75) is 33.3 Å². The fourth-order valence-corrected chi connectivity index (χ4v) is 2.64. The highest BCUT2D eigenvalue weighted by atomic mass is 19.1. The van der Waals surface area contributed by atoms with Crippen LogP contribution in [-0.2, 0) is 16.0 Å². The molecule has 0 saturated heterocycles.